The molecule has 1 saturated heterocycles. The number of carboxylic acid groups (broad SMARTS) is 2. The van der Waals surface area contributed by atoms with Crippen LogP contribution in [0.5, 0.6) is 17.2 Å². The fourth-order valence-corrected chi connectivity index (χ4v) is 3.49. The third-order valence-corrected chi connectivity index (χ3v) is 5.32. The van der Waals surface area contributed by atoms with Crippen LogP contribution in [-0.4, -0.2) is 87.0 Å². The number of hydrogen-bond donors (Lipinski definition) is 3. The minimum atomic E-state index is -1.82. The van der Waals surface area contributed by atoms with Crippen LogP contribution < -0.4 is 24.4 Å². The Morgan fingerprint density at radius 1 is 0.857 bits per heavy atom. The third-order valence-electron chi connectivity index (χ3n) is 5.32. The number of anilines is 2. The Hall–Kier alpha value is -3.99. The zero-order chi connectivity index (χ0) is 25.8. The standard InChI is InChI=1S/C22H29N3O4.C2H2O4/c1-27-17-8-9-20(28-2)18(16-17)23-22(26)10-11-24-12-14-25(15-13-24)19-6-4-5-7-21(19)29-3;3-1(4)2(5)6/h4-9,16H,10-15H2,1-3H3,(H,23,26);(H,3,4)(H,5,6). The van der Waals surface area contributed by atoms with E-state index in [0.29, 0.717) is 23.6 Å². The third kappa shape index (κ3) is 8.38. The van der Waals surface area contributed by atoms with Crippen molar-refractivity contribution < 1.29 is 38.8 Å². The molecule has 0 bridgehead atoms. The zero-order valence-corrected chi connectivity index (χ0v) is 20.0. The molecule has 0 spiro atoms. The van der Waals surface area contributed by atoms with Crippen molar-refractivity contribution in [1.82, 2.24) is 4.90 Å². The summed E-state index contributed by atoms with van der Waals surface area (Å²) < 4.78 is 16.0. The quantitative estimate of drug-likeness (QED) is 0.472. The molecule has 11 heteroatoms. The van der Waals surface area contributed by atoms with Gasteiger partial charge in [-0.1, -0.05) is 12.1 Å². The summed E-state index contributed by atoms with van der Waals surface area (Å²) in [7, 11) is 4.88. The summed E-state index contributed by atoms with van der Waals surface area (Å²) >= 11 is 0. The Morgan fingerprint density at radius 2 is 1.49 bits per heavy atom. The Balaban J connectivity index is 0.000000641. The molecule has 0 saturated carbocycles. The molecule has 0 atom stereocenters. The first-order chi connectivity index (χ1) is 16.8. The number of carbonyl (C=O) groups excluding carboxylic acids is 1. The van der Waals surface area contributed by atoms with E-state index in [1.54, 1.807) is 39.5 Å². The van der Waals surface area contributed by atoms with Gasteiger partial charge in [0.05, 0.1) is 32.7 Å². The van der Waals surface area contributed by atoms with Crippen LogP contribution in [0, 0.1) is 0 Å². The molecule has 35 heavy (non-hydrogen) atoms. The number of amides is 1. The van der Waals surface area contributed by atoms with Crippen molar-refractivity contribution in [3.05, 3.63) is 42.5 Å². The van der Waals surface area contributed by atoms with E-state index >= 15 is 0 Å². The SMILES string of the molecule is COc1ccc(OC)c(NC(=O)CCN2CCN(c3ccccc3OC)CC2)c1.O=C(O)C(=O)O. The van der Waals surface area contributed by atoms with Crippen LogP contribution in [-0.2, 0) is 14.4 Å². The van der Waals surface area contributed by atoms with Crippen molar-refractivity contribution >= 4 is 29.2 Å². The molecule has 11 nitrogen and oxygen atoms in total. The van der Waals surface area contributed by atoms with E-state index in [1.807, 2.05) is 18.2 Å². The van der Waals surface area contributed by atoms with E-state index in [-0.39, 0.29) is 5.91 Å². The first kappa shape index (κ1) is 27.3. The van der Waals surface area contributed by atoms with Crippen LogP contribution >= 0.6 is 0 Å². The summed E-state index contributed by atoms with van der Waals surface area (Å²) in [5, 5.41) is 17.7. The number of nitrogens with one attached hydrogen (secondary N) is 1. The highest BCUT2D eigenvalue weighted by Gasteiger charge is 2.20. The Kier molecular flexibility index (Phi) is 10.6. The minimum absolute atomic E-state index is 0.0382. The number of benzene rings is 2. The van der Waals surface area contributed by atoms with Crippen LogP contribution in [0.25, 0.3) is 0 Å². The molecule has 1 aliphatic rings. The van der Waals surface area contributed by atoms with E-state index in [4.69, 9.17) is 34.0 Å². The molecular formula is C24H31N3O8. The van der Waals surface area contributed by atoms with Crippen LogP contribution in [0.3, 0.4) is 0 Å². The Morgan fingerprint density at radius 3 is 2.06 bits per heavy atom. The molecule has 1 fully saturated rings. The maximum absolute atomic E-state index is 12.4. The van der Waals surface area contributed by atoms with Gasteiger partial charge >= 0.3 is 11.9 Å². The Labute approximate surface area is 203 Å². The number of ether oxygens (including phenoxy) is 3. The lowest BCUT2D eigenvalue weighted by atomic mass is 10.2. The minimum Gasteiger partial charge on any atom is -0.497 e. The number of methoxy groups -OCH3 is 3. The van der Waals surface area contributed by atoms with Crippen LogP contribution in [0.1, 0.15) is 6.42 Å². The van der Waals surface area contributed by atoms with Crippen molar-refractivity contribution in [2.24, 2.45) is 0 Å². The maximum Gasteiger partial charge on any atom is 0.414 e. The normalized spacial score (nSPS) is 13.2. The number of hydrogen-bond acceptors (Lipinski definition) is 8. The molecule has 1 amide bonds. The summed E-state index contributed by atoms with van der Waals surface area (Å²) in [5.41, 5.74) is 1.75. The molecule has 1 aliphatic heterocycles. The molecule has 2 aromatic carbocycles. The Bertz CT molecular complexity index is 994. The van der Waals surface area contributed by atoms with Gasteiger partial charge in [0.1, 0.15) is 17.2 Å². The molecule has 3 rings (SSSR count). The van der Waals surface area contributed by atoms with Gasteiger partial charge in [0.25, 0.3) is 0 Å². The van der Waals surface area contributed by atoms with Crippen molar-refractivity contribution in [2.75, 3.05) is 64.3 Å². The molecule has 1 heterocycles. The summed E-state index contributed by atoms with van der Waals surface area (Å²) in [4.78, 5) is 35.3. The number of aliphatic carboxylic acids is 2. The van der Waals surface area contributed by atoms with E-state index in [2.05, 4.69) is 21.2 Å². The van der Waals surface area contributed by atoms with Crippen LogP contribution in [0.2, 0.25) is 0 Å². The fraction of sp³-hybridized carbons (Fsp3) is 0.375. The van der Waals surface area contributed by atoms with E-state index in [0.717, 1.165) is 44.2 Å². The van der Waals surface area contributed by atoms with Crippen molar-refractivity contribution in [3.8, 4) is 17.2 Å². The van der Waals surface area contributed by atoms with E-state index < -0.39 is 11.9 Å². The number of carbonyl (C=O) groups is 3. The number of piperazine rings is 1. The van der Waals surface area contributed by atoms with Crippen molar-refractivity contribution in [1.29, 1.82) is 0 Å². The number of carboxylic acids is 2. The van der Waals surface area contributed by atoms with Crippen molar-refractivity contribution in [2.45, 2.75) is 6.42 Å². The molecule has 0 aliphatic carbocycles. The van der Waals surface area contributed by atoms with Gasteiger partial charge in [0, 0.05) is 45.2 Å². The second-order valence-electron chi connectivity index (χ2n) is 7.48. The first-order valence-corrected chi connectivity index (χ1v) is 10.9. The smallest absolute Gasteiger partial charge is 0.414 e. The average molecular weight is 490 g/mol. The average Bonchev–Trinajstić information content (AvgIpc) is 2.88. The predicted octanol–water partition coefficient (Wildman–Crippen LogP) is 2.02. The molecule has 0 aromatic heterocycles. The summed E-state index contributed by atoms with van der Waals surface area (Å²) in [6.07, 6.45) is 0.426. The summed E-state index contributed by atoms with van der Waals surface area (Å²) in [5.74, 6) is -1.50. The van der Waals surface area contributed by atoms with Gasteiger partial charge in [0.15, 0.2) is 0 Å². The van der Waals surface area contributed by atoms with Gasteiger partial charge in [-0.05, 0) is 24.3 Å². The lowest BCUT2D eigenvalue weighted by Gasteiger charge is -2.36. The van der Waals surface area contributed by atoms with Crippen LogP contribution in [0.15, 0.2) is 42.5 Å². The number of nitrogens with zero attached hydrogens (tertiary/aromatic N) is 2. The summed E-state index contributed by atoms with van der Waals surface area (Å²) in [6, 6.07) is 13.4. The van der Waals surface area contributed by atoms with E-state index in [1.165, 1.54) is 0 Å². The maximum atomic E-state index is 12.4. The fourth-order valence-electron chi connectivity index (χ4n) is 3.49. The van der Waals surface area contributed by atoms with E-state index in [9.17, 15) is 4.79 Å². The van der Waals surface area contributed by atoms with Gasteiger partial charge in [-0.2, -0.15) is 0 Å². The van der Waals surface area contributed by atoms with Gasteiger partial charge < -0.3 is 34.6 Å². The second kappa shape index (κ2) is 13.7. The molecular weight excluding hydrogens is 458 g/mol. The molecule has 3 N–H and O–H groups in total. The van der Waals surface area contributed by atoms with Gasteiger partial charge in [0.2, 0.25) is 5.91 Å². The monoisotopic (exact) mass is 489 g/mol. The topological polar surface area (TPSA) is 138 Å². The lowest BCUT2D eigenvalue weighted by molar-refractivity contribution is -0.159. The zero-order valence-electron chi connectivity index (χ0n) is 20.0. The predicted molar refractivity (Wildman–Crippen MR) is 130 cm³/mol. The molecule has 0 unspecified atom stereocenters. The van der Waals surface area contributed by atoms with Crippen LogP contribution in [0.4, 0.5) is 11.4 Å². The highest BCUT2D eigenvalue weighted by atomic mass is 16.5. The van der Waals surface area contributed by atoms with Gasteiger partial charge in [-0.25, -0.2) is 9.59 Å². The van der Waals surface area contributed by atoms with Gasteiger partial charge in [-0.15, -0.1) is 0 Å². The number of para-hydroxylation sites is 2. The first-order valence-electron chi connectivity index (χ1n) is 10.9. The summed E-state index contributed by atoms with van der Waals surface area (Å²) in [6.45, 7) is 4.36. The lowest BCUT2D eigenvalue weighted by Crippen LogP contribution is -2.47. The second-order valence-corrected chi connectivity index (χ2v) is 7.48. The van der Waals surface area contributed by atoms with Gasteiger partial charge in [-0.3, -0.25) is 9.69 Å². The molecule has 190 valence electrons. The molecule has 2 aromatic rings. The highest BCUT2D eigenvalue weighted by molar-refractivity contribution is 6.27. The largest absolute Gasteiger partial charge is 0.497 e. The number of rotatable bonds is 8. The highest BCUT2D eigenvalue weighted by Crippen LogP contribution is 2.30. The van der Waals surface area contributed by atoms with Crippen molar-refractivity contribution in [3.63, 3.8) is 0 Å². The molecule has 0 radical (unpaired) electrons.